The molecule has 4 rings (SSSR count). The summed E-state index contributed by atoms with van der Waals surface area (Å²) in [6, 6.07) is 10.5. The van der Waals surface area contributed by atoms with Crippen LogP contribution in [0.5, 0.6) is 0 Å². The molecule has 24 heavy (non-hydrogen) atoms. The van der Waals surface area contributed by atoms with E-state index < -0.39 is 0 Å². The largest absolute Gasteiger partial charge is 0.335 e. The molecule has 2 heterocycles. The van der Waals surface area contributed by atoms with Gasteiger partial charge in [-0.1, -0.05) is 30.3 Å². The van der Waals surface area contributed by atoms with E-state index in [2.05, 4.69) is 34.1 Å². The van der Waals surface area contributed by atoms with E-state index in [1.54, 1.807) is 11.3 Å². The second-order valence-corrected chi connectivity index (χ2v) is 7.83. The molecular weight excluding hydrogens is 318 g/mol. The molecule has 126 valence electrons. The lowest BCUT2D eigenvalue weighted by Gasteiger charge is -2.34. The number of hydrogen-bond acceptors (Lipinski definition) is 4. The molecule has 0 N–H and O–H groups in total. The van der Waals surface area contributed by atoms with Gasteiger partial charge >= 0.3 is 0 Å². The van der Waals surface area contributed by atoms with Crippen LogP contribution in [0.1, 0.15) is 44.7 Å². The molecular formula is C19H23N3OS. The fourth-order valence-electron chi connectivity index (χ4n) is 3.21. The van der Waals surface area contributed by atoms with Gasteiger partial charge < -0.3 is 4.90 Å². The zero-order chi connectivity index (χ0) is 16.5. The van der Waals surface area contributed by atoms with Crippen LogP contribution in [-0.4, -0.2) is 46.9 Å². The molecule has 0 atom stereocenters. The number of aromatic nitrogens is 1. The highest BCUT2D eigenvalue weighted by molar-refractivity contribution is 7.13. The maximum atomic E-state index is 12.8. The third-order valence-corrected chi connectivity index (χ3v) is 6.15. The number of rotatable bonds is 4. The topological polar surface area (TPSA) is 36.4 Å². The quantitative estimate of drug-likeness (QED) is 0.856. The molecule has 1 aromatic carbocycles. The van der Waals surface area contributed by atoms with E-state index >= 15 is 0 Å². The van der Waals surface area contributed by atoms with E-state index in [1.165, 1.54) is 23.4 Å². The van der Waals surface area contributed by atoms with E-state index in [9.17, 15) is 4.79 Å². The molecule has 1 saturated carbocycles. The maximum Gasteiger partial charge on any atom is 0.265 e. The zero-order valence-corrected chi connectivity index (χ0v) is 14.9. The van der Waals surface area contributed by atoms with Crippen LogP contribution in [-0.2, 0) is 6.54 Å². The van der Waals surface area contributed by atoms with Gasteiger partial charge in [0.05, 0.1) is 10.7 Å². The summed E-state index contributed by atoms with van der Waals surface area (Å²) in [5, 5.41) is 1.17. The first-order valence-corrected chi connectivity index (χ1v) is 9.55. The van der Waals surface area contributed by atoms with Gasteiger partial charge in [0.15, 0.2) is 0 Å². The average Bonchev–Trinajstić information content (AvgIpc) is 3.38. The van der Waals surface area contributed by atoms with Crippen molar-refractivity contribution in [2.75, 3.05) is 26.2 Å². The molecule has 1 aromatic heterocycles. The minimum atomic E-state index is 0.177. The Kier molecular flexibility index (Phi) is 4.37. The normalized spacial score (nSPS) is 18.8. The molecule has 4 nitrogen and oxygen atoms in total. The van der Waals surface area contributed by atoms with E-state index in [0.717, 1.165) is 43.3 Å². The molecule has 0 bridgehead atoms. The summed E-state index contributed by atoms with van der Waals surface area (Å²) in [5.41, 5.74) is 2.25. The molecule has 0 unspecified atom stereocenters. The van der Waals surface area contributed by atoms with Gasteiger partial charge in [-0.2, -0.15) is 0 Å². The Bertz CT molecular complexity index is 715. The van der Waals surface area contributed by atoms with Crippen molar-refractivity contribution in [3.63, 3.8) is 0 Å². The molecule has 1 aliphatic carbocycles. The molecule has 5 heteroatoms. The van der Waals surface area contributed by atoms with Gasteiger partial charge in [0, 0.05) is 38.6 Å². The lowest BCUT2D eigenvalue weighted by atomic mass is 10.2. The number of carbonyl (C=O) groups is 1. The SMILES string of the molecule is Cc1nc(C2CC2)sc1C(=O)N1CCN(Cc2ccccc2)CC1. The molecule has 1 amide bonds. The maximum absolute atomic E-state index is 12.8. The summed E-state index contributed by atoms with van der Waals surface area (Å²) in [7, 11) is 0. The van der Waals surface area contributed by atoms with Crippen LogP contribution in [0, 0.1) is 6.92 Å². The standard InChI is InChI=1S/C19H23N3OS/c1-14-17(24-18(20-14)16-7-8-16)19(23)22-11-9-21(10-12-22)13-15-5-3-2-4-6-15/h2-6,16H,7-13H2,1H3. The zero-order valence-electron chi connectivity index (χ0n) is 14.1. The number of nitrogens with zero attached hydrogens (tertiary/aromatic N) is 3. The Hall–Kier alpha value is -1.72. The van der Waals surface area contributed by atoms with Crippen molar-refractivity contribution in [2.24, 2.45) is 0 Å². The lowest BCUT2D eigenvalue weighted by Crippen LogP contribution is -2.48. The summed E-state index contributed by atoms with van der Waals surface area (Å²) in [4.78, 5) is 22.7. The Morgan fingerprint density at radius 1 is 1.17 bits per heavy atom. The second kappa shape index (κ2) is 6.65. The van der Waals surface area contributed by atoms with Crippen molar-refractivity contribution in [2.45, 2.75) is 32.2 Å². The monoisotopic (exact) mass is 341 g/mol. The Labute approximate surface area is 147 Å². The Balaban J connectivity index is 1.36. The number of piperazine rings is 1. The minimum absolute atomic E-state index is 0.177. The third kappa shape index (κ3) is 3.37. The number of thiazole rings is 1. The van der Waals surface area contributed by atoms with Crippen LogP contribution in [0.2, 0.25) is 0 Å². The van der Waals surface area contributed by atoms with E-state index in [0.29, 0.717) is 5.92 Å². The van der Waals surface area contributed by atoms with E-state index in [4.69, 9.17) is 0 Å². The molecule has 2 aromatic rings. The summed E-state index contributed by atoms with van der Waals surface area (Å²) >= 11 is 1.62. The summed E-state index contributed by atoms with van der Waals surface area (Å²) in [6.07, 6.45) is 2.47. The fourth-order valence-corrected chi connectivity index (χ4v) is 4.42. The first kappa shape index (κ1) is 15.8. The summed E-state index contributed by atoms with van der Waals surface area (Å²) in [6.45, 7) is 6.43. The van der Waals surface area contributed by atoms with Crippen molar-refractivity contribution < 1.29 is 4.79 Å². The summed E-state index contributed by atoms with van der Waals surface area (Å²) < 4.78 is 0. The predicted molar refractivity (Wildman–Crippen MR) is 96.4 cm³/mol. The summed E-state index contributed by atoms with van der Waals surface area (Å²) in [5.74, 6) is 0.800. The van der Waals surface area contributed by atoms with Crippen molar-refractivity contribution in [1.82, 2.24) is 14.8 Å². The van der Waals surface area contributed by atoms with Crippen LogP contribution in [0.15, 0.2) is 30.3 Å². The van der Waals surface area contributed by atoms with Crippen molar-refractivity contribution in [3.8, 4) is 0 Å². The number of aryl methyl sites for hydroxylation is 1. The molecule has 2 aliphatic rings. The van der Waals surface area contributed by atoms with Gasteiger partial charge in [-0.15, -0.1) is 11.3 Å². The predicted octanol–water partition coefficient (Wildman–Crippen LogP) is 3.29. The van der Waals surface area contributed by atoms with Crippen LogP contribution < -0.4 is 0 Å². The molecule has 2 fully saturated rings. The minimum Gasteiger partial charge on any atom is -0.335 e. The molecule has 0 spiro atoms. The first-order valence-electron chi connectivity index (χ1n) is 8.73. The number of hydrogen-bond donors (Lipinski definition) is 0. The van der Waals surface area contributed by atoms with Gasteiger partial charge in [0.25, 0.3) is 5.91 Å². The molecule has 0 radical (unpaired) electrons. The highest BCUT2D eigenvalue weighted by atomic mass is 32.1. The van der Waals surface area contributed by atoms with Gasteiger partial charge in [-0.3, -0.25) is 9.69 Å². The first-order chi connectivity index (χ1) is 11.7. The van der Waals surface area contributed by atoms with Crippen LogP contribution in [0.4, 0.5) is 0 Å². The molecule has 1 saturated heterocycles. The Morgan fingerprint density at radius 3 is 2.54 bits per heavy atom. The fraction of sp³-hybridized carbons (Fsp3) is 0.474. The third-order valence-electron chi connectivity index (χ3n) is 4.84. The Morgan fingerprint density at radius 2 is 1.88 bits per heavy atom. The number of carbonyl (C=O) groups excluding carboxylic acids is 1. The number of benzene rings is 1. The lowest BCUT2D eigenvalue weighted by molar-refractivity contribution is 0.0632. The van der Waals surface area contributed by atoms with Gasteiger partial charge in [0.1, 0.15) is 4.88 Å². The number of amides is 1. The van der Waals surface area contributed by atoms with Crippen LogP contribution >= 0.6 is 11.3 Å². The van der Waals surface area contributed by atoms with Crippen molar-refractivity contribution >= 4 is 17.2 Å². The molecule has 1 aliphatic heterocycles. The highest BCUT2D eigenvalue weighted by Crippen LogP contribution is 2.42. The van der Waals surface area contributed by atoms with Gasteiger partial charge in [-0.05, 0) is 25.3 Å². The second-order valence-electron chi connectivity index (χ2n) is 6.79. The van der Waals surface area contributed by atoms with Gasteiger partial charge in [0.2, 0.25) is 0 Å². The van der Waals surface area contributed by atoms with Crippen LogP contribution in [0.25, 0.3) is 0 Å². The van der Waals surface area contributed by atoms with Gasteiger partial charge in [-0.25, -0.2) is 4.98 Å². The van der Waals surface area contributed by atoms with Crippen molar-refractivity contribution in [1.29, 1.82) is 0 Å². The van der Waals surface area contributed by atoms with Crippen molar-refractivity contribution in [3.05, 3.63) is 51.5 Å². The smallest absolute Gasteiger partial charge is 0.265 e. The average molecular weight is 341 g/mol. The van der Waals surface area contributed by atoms with Crippen LogP contribution in [0.3, 0.4) is 0 Å². The van der Waals surface area contributed by atoms with E-state index in [-0.39, 0.29) is 5.91 Å². The van der Waals surface area contributed by atoms with E-state index in [1.807, 2.05) is 17.9 Å². The highest BCUT2D eigenvalue weighted by Gasteiger charge is 2.31.